The number of hydrogen-bond acceptors (Lipinski definition) is 2. The molecule has 0 saturated heterocycles. The summed E-state index contributed by atoms with van der Waals surface area (Å²) < 4.78 is 0.945. The van der Waals surface area contributed by atoms with Gasteiger partial charge in [0.1, 0.15) is 6.04 Å². The van der Waals surface area contributed by atoms with Crippen molar-refractivity contribution in [1.82, 2.24) is 10.2 Å². The van der Waals surface area contributed by atoms with Gasteiger partial charge in [0.2, 0.25) is 11.8 Å². The van der Waals surface area contributed by atoms with E-state index in [2.05, 4.69) is 45.5 Å². The van der Waals surface area contributed by atoms with Gasteiger partial charge in [-0.25, -0.2) is 0 Å². The van der Waals surface area contributed by atoms with E-state index < -0.39 is 6.04 Å². The zero-order chi connectivity index (χ0) is 24.5. The monoisotopic (exact) mass is 520 g/mol. The van der Waals surface area contributed by atoms with Gasteiger partial charge in [-0.15, -0.1) is 0 Å². The van der Waals surface area contributed by atoms with Crippen LogP contribution < -0.4 is 5.32 Å². The van der Waals surface area contributed by atoms with Crippen molar-refractivity contribution in [1.29, 1.82) is 0 Å². The molecule has 2 atom stereocenters. The predicted molar refractivity (Wildman–Crippen MR) is 141 cm³/mol. The van der Waals surface area contributed by atoms with Gasteiger partial charge in [-0.3, -0.25) is 9.59 Å². The van der Waals surface area contributed by atoms with E-state index in [1.54, 1.807) is 4.90 Å². The number of rotatable bonds is 10. The molecule has 178 valence electrons. The molecule has 0 aliphatic carbocycles. The Hall–Kier alpha value is -2.92. The predicted octanol–water partition coefficient (Wildman–Crippen LogP) is 6.30. The van der Waals surface area contributed by atoms with Gasteiger partial charge in [0.05, 0.1) is 0 Å². The van der Waals surface area contributed by atoms with Crippen molar-refractivity contribution >= 4 is 27.7 Å². The fraction of sp³-hybridized carbons (Fsp3) is 0.310. The van der Waals surface area contributed by atoms with Gasteiger partial charge in [-0.05, 0) is 49.1 Å². The Kier molecular flexibility index (Phi) is 9.46. The molecule has 0 spiro atoms. The van der Waals surface area contributed by atoms with Gasteiger partial charge in [0.25, 0.3) is 0 Å². The van der Waals surface area contributed by atoms with Gasteiger partial charge in [0.15, 0.2) is 0 Å². The second-order valence-corrected chi connectivity index (χ2v) is 9.64. The van der Waals surface area contributed by atoms with Crippen molar-refractivity contribution in [2.24, 2.45) is 0 Å². The summed E-state index contributed by atoms with van der Waals surface area (Å²) in [5.74, 6) is -0.275. The molecule has 3 rings (SSSR count). The van der Waals surface area contributed by atoms with E-state index in [-0.39, 0.29) is 30.2 Å². The maximum absolute atomic E-state index is 13.8. The van der Waals surface area contributed by atoms with E-state index in [4.69, 9.17) is 0 Å². The van der Waals surface area contributed by atoms with Crippen LogP contribution >= 0.6 is 15.9 Å². The van der Waals surface area contributed by atoms with Crippen LogP contribution in [0.1, 0.15) is 56.2 Å². The van der Waals surface area contributed by atoms with E-state index in [1.807, 2.05) is 81.4 Å². The summed E-state index contributed by atoms with van der Waals surface area (Å²) in [5.41, 5.74) is 3.14. The Morgan fingerprint density at radius 1 is 0.882 bits per heavy atom. The molecule has 2 amide bonds. The van der Waals surface area contributed by atoms with E-state index in [0.29, 0.717) is 6.54 Å². The minimum atomic E-state index is -0.590. The van der Waals surface area contributed by atoms with E-state index in [1.165, 1.54) is 0 Å². The number of carbonyl (C=O) groups is 2. The zero-order valence-electron chi connectivity index (χ0n) is 20.1. The summed E-state index contributed by atoms with van der Waals surface area (Å²) in [6.45, 7) is 6.19. The molecule has 0 unspecified atom stereocenters. The molecule has 4 nitrogen and oxygen atoms in total. The first-order valence-electron chi connectivity index (χ1n) is 11.8. The molecule has 1 N–H and O–H groups in total. The van der Waals surface area contributed by atoms with Crippen LogP contribution in [0.15, 0.2) is 89.4 Å². The van der Waals surface area contributed by atoms with Gasteiger partial charge >= 0.3 is 0 Å². The lowest BCUT2D eigenvalue weighted by Gasteiger charge is -2.31. The molecule has 34 heavy (non-hydrogen) atoms. The molecule has 0 bridgehead atoms. The van der Waals surface area contributed by atoms with Crippen molar-refractivity contribution < 1.29 is 9.59 Å². The summed E-state index contributed by atoms with van der Waals surface area (Å²) >= 11 is 3.52. The average Bonchev–Trinajstić information content (AvgIpc) is 2.86. The highest BCUT2D eigenvalue weighted by Crippen LogP contribution is 2.29. The number of carbonyl (C=O) groups excluding carboxylic acids is 2. The van der Waals surface area contributed by atoms with Gasteiger partial charge in [0, 0.05) is 29.4 Å². The molecule has 3 aromatic rings. The maximum atomic E-state index is 13.8. The highest BCUT2D eigenvalue weighted by molar-refractivity contribution is 9.10. The van der Waals surface area contributed by atoms with Gasteiger partial charge in [-0.2, -0.15) is 0 Å². The molecule has 0 aliphatic rings. The Labute approximate surface area is 211 Å². The maximum Gasteiger partial charge on any atom is 0.242 e. The minimum Gasteiger partial charge on any atom is -0.352 e. The number of benzene rings is 3. The van der Waals surface area contributed by atoms with Crippen molar-refractivity contribution in [3.05, 3.63) is 106 Å². The van der Waals surface area contributed by atoms with Crippen molar-refractivity contribution in [2.75, 3.05) is 0 Å². The molecule has 0 aliphatic heterocycles. The molecular formula is C29H33BrN2O2. The fourth-order valence-electron chi connectivity index (χ4n) is 3.97. The lowest BCUT2D eigenvalue weighted by Crippen LogP contribution is -2.49. The van der Waals surface area contributed by atoms with Crippen LogP contribution in [0.2, 0.25) is 0 Å². The smallest absolute Gasteiger partial charge is 0.242 e. The second-order valence-electron chi connectivity index (χ2n) is 8.72. The largest absolute Gasteiger partial charge is 0.352 e. The molecule has 0 heterocycles. The number of hydrogen-bond donors (Lipinski definition) is 1. The molecule has 5 heteroatoms. The molecule has 3 aromatic carbocycles. The summed E-state index contributed by atoms with van der Waals surface area (Å²) in [7, 11) is 0. The Morgan fingerprint density at radius 3 is 2.00 bits per heavy atom. The summed E-state index contributed by atoms with van der Waals surface area (Å²) in [5, 5.41) is 3.04. The molecule has 0 radical (unpaired) electrons. The Morgan fingerprint density at radius 2 is 1.47 bits per heavy atom. The van der Waals surface area contributed by atoms with E-state index in [0.717, 1.165) is 27.6 Å². The topological polar surface area (TPSA) is 49.4 Å². The zero-order valence-corrected chi connectivity index (χ0v) is 21.7. The number of nitrogens with one attached hydrogen (secondary N) is 1. The quantitative estimate of drug-likeness (QED) is 0.340. The first kappa shape index (κ1) is 25.7. The molecule has 0 saturated carbocycles. The highest BCUT2D eigenvalue weighted by Gasteiger charge is 2.29. The second kappa shape index (κ2) is 12.5. The van der Waals surface area contributed by atoms with Crippen LogP contribution in [0, 0.1) is 0 Å². The Balaban J connectivity index is 1.91. The molecule has 0 aromatic heterocycles. The lowest BCUT2D eigenvalue weighted by atomic mass is 9.88. The van der Waals surface area contributed by atoms with Crippen molar-refractivity contribution in [3.8, 4) is 0 Å². The van der Waals surface area contributed by atoms with Crippen LogP contribution in [0.3, 0.4) is 0 Å². The normalized spacial score (nSPS) is 12.7. The lowest BCUT2D eigenvalue weighted by molar-refractivity contribution is -0.141. The van der Waals surface area contributed by atoms with Crippen LogP contribution in [0.4, 0.5) is 0 Å². The van der Waals surface area contributed by atoms with Gasteiger partial charge < -0.3 is 10.2 Å². The highest BCUT2D eigenvalue weighted by atomic mass is 79.9. The summed E-state index contributed by atoms with van der Waals surface area (Å²) in [6, 6.07) is 27.5. The van der Waals surface area contributed by atoms with Crippen molar-refractivity contribution in [2.45, 2.75) is 58.2 Å². The first-order chi connectivity index (χ1) is 16.4. The average molecular weight is 521 g/mol. The Bertz CT molecular complexity index is 1030. The van der Waals surface area contributed by atoms with Crippen LogP contribution in [-0.4, -0.2) is 28.8 Å². The van der Waals surface area contributed by atoms with Crippen LogP contribution in [-0.2, 0) is 16.1 Å². The molecule has 0 fully saturated rings. The summed E-state index contributed by atoms with van der Waals surface area (Å²) in [4.78, 5) is 28.6. The number of nitrogens with zero attached hydrogens (tertiary/aromatic N) is 1. The first-order valence-corrected chi connectivity index (χ1v) is 12.6. The van der Waals surface area contributed by atoms with Crippen LogP contribution in [0.25, 0.3) is 0 Å². The minimum absolute atomic E-state index is 0.0514. The van der Waals surface area contributed by atoms with Gasteiger partial charge in [-0.1, -0.05) is 95.7 Å². The third kappa shape index (κ3) is 7.04. The van der Waals surface area contributed by atoms with Crippen LogP contribution in [0.5, 0.6) is 0 Å². The number of halogens is 1. The fourth-order valence-corrected chi connectivity index (χ4v) is 4.42. The third-order valence-corrected chi connectivity index (χ3v) is 6.69. The van der Waals surface area contributed by atoms with E-state index >= 15 is 0 Å². The molecular weight excluding hydrogens is 488 g/mol. The SMILES string of the molecule is CC[C@@H](C)NC(=O)[C@H](C)N(Cc1cccc(Br)c1)C(=O)CC(c1ccccc1)c1ccccc1. The third-order valence-electron chi connectivity index (χ3n) is 6.19. The van der Waals surface area contributed by atoms with Crippen molar-refractivity contribution in [3.63, 3.8) is 0 Å². The number of amides is 2. The van der Waals surface area contributed by atoms with E-state index in [9.17, 15) is 9.59 Å². The summed E-state index contributed by atoms with van der Waals surface area (Å²) in [6.07, 6.45) is 1.12. The standard InChI is InChI=1S/C29H33BrN2O2/c1-4-21(2)31-29(34)22(3)32(20-23-12-11-17-26(30)18-23)28(33)19-27(24-13-7-5-8-14-24)25-15-9-6-10-16-25/h5-18,21-22,27H,4,19-20H2,1-3H3,(H,31,34)/t21-,22+/m1/s1.